The Labute approximate surface area is 219 Å². The van der Waals surface area contributed by atoms with Gasteiger partial charge in [0.05, 0.1) is 11.1 Å². The minimum atomic E-state index is -0.722. The van der Waals surface area contributed by atoms with Gasteiger partial charge in [0.1, 0.15) is 23.1 Å². The van der Waals surface area contributed by atoms with Crippen molar-refractivity contribution in [3.05, 3.63) is 17.3 Å². The molecule has 0 unspecified atom stereocenters. The molecule has 2 saturated heterocycles. The maximum Gasteiger partial charge on any atom is 0.228 e. The molecule has 4 N–H and O–H groups in total. The first-order valence-electron chi connectivity index (χ1n) is 14.3. The van der Waals surface area contributed by atoms with E-state index in [2.05, 4.69) is 27.4 Å². The normalized spacial score (nSPS) is 31.5. The van der Waals surface area contributed by atoms with Crippen LogP contribution in [0.5, 0.6) is 0 Å². The van der Waals surface area contributed by atoms with Crippen molar-refractivity contribution in [3.63, 3.8) is 0 Å². The van der Waals surface area contributed by atoms with E-state index in [4.69, 9.17) is 15.4 Å². The monoisotopic (exact) mass is 507 g/mol. The lowest BCUT2D eigenvalue weighted by Gasteiger charge is -2.40. The second kappa shape index (κ2) is 9.66. The number of hydrogen-bond donors (Lipinski definition) is 4. The summed E-state index contributed by atoms with van der Waals surface area (Å²) in [4.78, 5) is 27.6. The number of aromatic nitrogens is 2. The van der Waals surface area contributed by atoms with Crippen LogP contribution in [0.15, 0.2) is 11.6 Å². The first-order chi connectivity index (χ1) is 17.9. The Balaban J connectivity index is 1.41. The summed E-state index contributed by atoms with van der Waals surface area (Å²) in [5.41, 5.74) is 0.882. The quantitative estimate of drug-likeness (QED) is 0.461. The molecule has 5 aliphatic rings. The predicted octanol–water partition coefficient (Wildman–Crippen LogP) is 3.21. The second-order valence-corrected chi connectivity index (χ2v) is 11.9. The van der Waals surface area contributed by atoms with E-state index in [0.717, 1.165) is 83.6 Å². The first kappa shape index (κ1) is 24.8. The second-order valence-electron chi connectivity index (χ2n) is 11.9. The molecule has 3 saturated carbocycles. The molecule has 2 aliphatic heterocycles. The molecule has 1 aromatic rings. The van der Waals surface area contributed by atoms with E-state index < -0.39 is 5.41 Å². The Bertz CT molecular complexity index is 1110. The zero-order valence-corrected chi connectivity index (χ0v) is 22.1. The van der Waals surface area contributed by atoms with Crippen LogP contribution in [0.2, 0.25) is 0 Å². The molecular formula is C28H41N7O2. The molecule has 2 atom stereocenters. The van der Waals surface area contributed by atoms with Gasteiger partial charge >= 0.3 is 0 Å². The highest BCUT2D eigenvalue weighted by Gasteiger charge is 2.48. The van der Waals surface area contributed by atoms with Gasteiger partial charge in [0, 0.05) is 62.4 Å². The Kier molecular flexibility index (Phi) is 6.47. The predicted molar refractivity (Wildman–Crippen MR) is 146 cm³/mol. The summed E-state index contributed by atoms with van der Waals surface area (Å²) in [6.45, 7) is 7.56. The molecule has 0 radical (unpaired) electrons. The van der Waals surface area contributed by atoms with Gasteiger partial charge in [-0.3, -0.25) is 4.79 Å². The molecule has 0 aromatic carbocycles. The van der Waals surface area contributed by atoms with Crippen LogP contribution in [0.3, 0.4) is 0 Å². The zero-order valence-electron chi connectivity index (χ0n) is 22.1. The fourth-order valence-electron chi connectivity index (χ4n) is 6.90. The Hall–Kier alpha value is -2.52. The van der Waals surface area contributed by atoms with E-state index in [1.807, 2.05) is 6.07 Å². The van der Waals surface area contributed by atoms with E-state index >= 15 is 0 Å². The molecule has 6 rings (SSSR count). The smallest absolute Gasteiger partial charge is 0.228 e. The molecule has 1 aromatic heterocycles. The van der Waals surface area contributed by atoms with Crippen LogP contribution in [-0.2, 0) is 4.79 Å². The summed E-state index contributed by atoms with van der Waals surface area (Å²) >= 11 is 0. The number of carbonyl (C=O) groups excluding carboxylic acids is 1. The highest BCUT2D eigenvalue weighted by atomic mass is 16.3. The number of allylic oxidation sites excluding steroid dienone is 1. The molecule has 2 spiro atoms. The molecule has 200 valence electrons. The number of piperazine rings is 1. The number of aliphatic hydroxyl groups excluding tert-OH is 1. The van der Waals surface area contributed by atoms with E-state index in [-0.39, 0.29) is 23.1 Å². The first-order valence-corrected chi connectivity index (χ1v) is 14.3. The van der Waals surface area contributed by atoms with Gasteiger partial charge in [-0.1, -0.05) is 6.42 Å². The summed E-state index contributed by atoms with van der Waals surface area (Å²) in [5, 5.41) is 27.9. The lowest BCUT2D eigenvalue weighted by atomic mass is 9.62. The van der Waals surface area contributed by atoms with Crippen LogP contribution >= 0.6 is 0 Å². The van der Waals surface area contributed by atoms with Crippen molar-refractivity contribution in [3.8, 4) is 0 Å². The summed E-state index contributed by atoms with van der Waals surface area (Å²) < 4.78 is 0. The standard InChI is InChI=1S/C28H41N7O2/c1-19-17-30-12-5-14-35(19)26-32-21(16-23(33-26)34-15-13-31-27(18-34)10-11-27)24(37)20-6-4-9-28(25(20)29)8-3-2-7-22(28)36/h16,19,29-31,37H,2-15,17-18H2,1H3/b24-20-,29-25?/t19-,28+/m0/s1. The Morgan fingerprint density at radius 3 is 2.73 bits per heavy atom. The van der Waals surface area contributed by atoms with Crippen molar-refractivity contribution in [2.75, 3.05) is 49.1 Å². The van der Waals surface area contributed by atoms with Gasteiger partial charge in [-0.05, 0) is 64.8 Å². The van der Waals surface area contributed by atoms with Crippen molar-refractivity contribution in [1.29, 1.82) is 5.41 Å². The van der Waals surface area contributed by atoms with Gasteiger partial charge in [-0.2, -0.15) is 4.98 Å². The van der Waals surface area contributed by atoms with Crippen molar-refractivity contribution in [2.24, 2.45) is 5.41 Å². The van der Waals surface area contributed by atoms with E-state index in [0.29, 0.717) is 35.8 Å². The van der Waals surface area contributed by atoms with Crippen LogP contribution in [0, 0.1) is 10.8 Å². The summed E-state index contributed by atoms with van der Waals surface area (Å²) in [6, 6.07) is 2.14. The van der Waals surface area contributed by atoms with E-state index in [1.165, 1.54) is 12.8 Å². The molecule has 0 amide bonds. The fourth-order valence-corrected chi connectivity index (χ4v) is 6.90. The van der Waals surface area contributed by atoms with Crippen LogP contribution in [0.4, 0.5) is 11.8 Å². The molecule has 5 fully saturated rings. The molecule has 3 heterocycles. The summed E-state index contributed by atoms with van der Waals surface area (Å²) in [6.07, 6.45) is 8.67. The molecule has 3 aliphatic carbocycles. The van der Waals surface area contributed by atoms with E-state index in [1.54, 1.807) is 0 Å². The van der Waals surface area contributed by atoms with Crippen LogP contribution in [0.1, 0.15) is 76.8 Å². The third-order valence-corrected chi connectivity index (χ3v) is 9.37. The molecule has 37 heavy (non-hydrogen) atoms. The Morgan fingerprint density at radius 1 is 1.08 bits per heavy atom. The van der Waals surface area contributed by atoms with Gasteiger partial charge in [0.15, 0.2) is 0 Å². The van der Waals surface area contributed by atoms with Crippen molar-refractivity contribution in [1.82, 2.24) is 20.6 Å². The number of hydrogen-bond acceptors (Lipinski definition) is 9. The number of ketones is 1. The average Bonchev–Trinajstić information content (AvgIpc) is 3.69. The largest absolute Gasteiger partial charge is 0.505 e. The SMILES string of the molecule is C[C@H]1CNCCCN1c1nc(/C(O)=C2\CCC[C@@]3(CCCCC3=O)C2=N)cc(N2CCNC3(CC3)C2)n1. The fraction of sp³-hybridized carbons (Fsp3) is 0.714. The number of nitrogens with zero attached hydrogens (tertiary/aromatic N) is 4. The minimum Gasteiger partial charge on any atom is -0.505 e. The van der Waals surface area contributed by atoms with Crippen LogP contribution in [0.25, 0.3) is 5.76 Å². The lowest BCUT2D eigenvalue weighted by molar-refractivity contribution is -0.128. The lowest BCUT2D eigenvalue weighted by Crippen LogP contribution is -2.53. The number of Topliss-reactive ketones (excluding diaryl/α,β-unsaturated/α-hetero) is 1. The molecule has 9 nitrogen and oxygen atoms in total. The number of carbonyl (C=O) groups is 1. The topological polar surface area (TPSA) is 117 Å². The molecule has 0 bridgehead atoms. The number of aliphatic hydroxyl groups is 1. The maximum absolute atomic E-state index is 13.0. The maximum atomic E-state index is 13.0. The van der Waals surface area contributed by atoms with Gasteiger partial charge in [0.2, 0.25) is 5.95 Å². The third-order valence-electron chi connectivity index (χ3n) is 9.37. The zero-order chi connectivity index (χ0) is 25.6. The van der Waals surface area contributed by atoms with Crippen molar-refractivity contribution < 1.29 is 9.90 Å². The number of rotatable bonds is 3. The molecular weight excluding hydrogens is 466 g/mol. The summed E-state index contributed by atoms with van der Waals surface area (Å²) in [7, 11) is 0. The summed E-state index contributed by atoms with van der Waals surface area (Å²) in [5.74, 6) is 1.73. The van der Waals surface area contributed by atoms with Crippen molar-refractivity contribution >= 4 is 29.0 Å². The van der Waals surface area contributed by atoms with Gasteiger partial charge < -0.3 is 30.9 Å². The Morgan fingerprint density at radius 2 is 1.92 bits per heavy atom. The average molecular weight is 508 g/mol. The van der Waals surface area contributed by atoms with Gasteiger partial charge in [0.25, 0.3) is 0 Å². The third kappa shape index (κ3) is 4.54. The highest BCUT2D eigenvalue weighted by molar-refractivity contribution is 6.18. The number of anilines is 2. The van der Waals surface area contributed by atoms with Crippen LogP contribution < -0.4 is 20.4 Å². The number of nitrogens with one attached hydrogen (secondary N) is 3. The molecule has 9 heteroatoms. The minimum absolute atomic E-state index is 0.0595. The van der Waals surface area contributed by atoms with Crippen LogP contribution in [-0.4, -0.2) is 77.4 Å². The van der Waals surface area contributed by atoms with Gasteiger partial charge in [-0.15, -0.1) is 0 Å². The highest BCUT2D eigenvalue weighted by Crippen LogP contribution is 2.46. The van der Waals surface area contributed by atoms with E-state index in [9.17, 15) is 9.90 Å². The van der Waals surface area contributed by atoms with Gasteiger partial charge in [-0.25, -0.2) is 4.98 Å². The van der Waals surface area contributed by atoms with Crippen molar-refractivity contribution in [2.45, 2.75) is 82.7 Å².